The Hall–Kier alpha value is -2.56. The number of guanidine groups is 1. The van der Waals surface area contributed by atoms with Gasteiger partial charge in [-0.15, -0.1) is 6.58 Å². The van der Waals surface area contributed by atoms with E-state index < -0.39 is 0 Å². The summed E-state index contributed by atoms with van der Waals surface area (Å²) < 4.78 is 18.4. The molecule has 1 aromatic heterocycles. The van der Waals surface area contributed by atoms with Crippen LogP contribution in [0.3, 0.4) is 0 Å². The summed E-state index contributed by atoms with van der Waals surface area (Å²) >= 11 is 0. The minimum atomic E-state index is -0.209. The number of furan rings is 1. The lowest BCUT2D eigenvalue weighted by molar-refractivity contribution is 0.510. The molecule has 0 atom stereocenters. The van der Waals surface area contributed by atoms with Crippen molar-refractivity contribution in [3.8, 4) is 0 Å². The molecule has 1 aromatic carbocycles. The monoisotopic (exact) mass is 315 g/mol. The van der Waals surface area contributed by atoms with Gasteiger partial charge in [-0.3, -0.25) is 4.99 Å². The van der Waals surface area contributed by atoms with E-state index in [2.05, 4.69) is 22.2 Å². The van der Waals surface area contributed by atoms with Crippen LogP contribution in [0, 0.1) is 5.82 Å². The number of hydrogen-bond donors (Lipinski definition) is 2. The molecule has 0 unspecified atom stereocenters. The largest absolute Gasteiger partial charge is 0.469 e. The first-order chi connectivity index (χ1) is 11.3. The summed E-state index contributed by atoms with van der Waals surface area (Å²) in [6.45, 7) is 5.62. The highest BCUT2D eigenvalue weighted by Crippen LogP contribution is 2.03. The van der Waals surface area contributed by atoms with E-state index in [4.69, 9.17) is 4.42 Å². The Labute approximate surface area is 136 Å². The molecular formula is C18H22FN3O. The lowest BCUT2D eigenvalue weighted by Crippen LogP contribution is -2.38. The summed E-state index contributed by atoms with van der Waals surface area (Å²) in [6.07, 6.45) is 4.91. The molecule has 2 rings (SSSR count). The highest BCUT2D eigenvalue weighted by Gasteiger charge is 2.00. The number of nitrogens with one attached hydrogen (secondary N) is 2. The van der Waals surface area contributed by atoms with Crippen molar-refractivity contribution in [3.63, 3.8) is 0 Å². The van der Waals surface area contributed by atoms with Crippen LogP contribution in [0.2, 0.25) is 0 Å². The van der Waals surface area contributed by atoms with Gasteiger partial charge in [0.2, 0.25) is 0 Å². The molecule has 0 fully saturated rings. The second-order valence-electron chi connectivity index (χ2n) is 5.04. The van der Waals surface area contributed by atoms with E-state index in [0.717, 1.165) is 24.2 Å². The number of halogens is 1. The number of benzene rings is 1. The Morgan fingerprint density at radius 3 is 2.87 bits per heavy atom. The molecule has 0 radical (unpaired) electrons. The molecule has 0 bridgehead atoms. The van der Waals surface area contributed by atoms with Crippen LogP contribution < -0.4 is 10.6 Å². The number of hydrogen-bond acceptors (Lipinski definition) is 2. The fourth-order valence-corrected chi connectivity index (χ4v) is 2.09. The molecule has 0 saturated carbocycles. The minimum absolute atomic E-state index is 0.209. The van der Waals surface area contributed by atoms with Crippen LogP contribution >= 0.6 is 0 Å². The van der Waals surface area contributed by atoms with Crippen molar-refractivity contribution in [1.82, 2.24) is 10.6 Å². The average molecular weight is 315 g/mol. The predicted octanol–water partition coefficient (Wildman–Crippen LogP) is 2.93. The van der Waals surface area contributed by atoms with E-state index in [1.807, 2.05) is 18.2 Å². The normalized spacial score (nSPS) is 11.3. The molecule has 0 aliphatic rings. The highest BCUT2D eigenvalue weighted by molar-refractivity contribution is 5.79. The molecule has 2 N–H and O–H groups in total. The Bertz CT molecular complexity index is 623. The van der Waals surface area contributed by atoms with Crippen molar-refractivity contribution in [2.75, 3.05) is 19.6 Å². The van der Waals surface area contributed by atoms with Crippen LogP contribution in [0.4, 0.5) is 4.39 Å². The Kier molecular flexibility index (Phi) is 6.91. The smallest absolute Gasteiger partial charge is 0.191 e. The van der Waals surface area contributed by atoms with Crippen molar-refractivity contribution in [2.45, 2.75) is 12.8 Å². The Morgan fingerprint density at radius 2 is 2.13 bits per heavy atom. The second-order valence-corrected chi connectivity index (χ2v) is 5.04. The van der Waals surface area contributed by atoms with Crippen LogP contribution in [0.1, 0.15) is 11.3 Å². The number of aliphatic imine (C=N–C) groups is 1. The van der Waals surface area contributed by atoms with Crippen molar-refractivity contribution >= 4 is 5.96 Å². The van der Waals surface area contributed by atoms with Gasteiger partial charge in [-0.1, -0.05) is 18.2 Å². The molecule has 0 aliphatic heterocycles. The summed E-state index contributed by atoms with van der Waals surface area (Å²) in [5.74, 6) is 1.42. The molecule has 4 nitrogen and oxygen atoms in total. The zero-order valence-corrected chi connectivity index (χ0v) is 13.1. The molecule has 23 heavy (non-hydrogen) atoms. The van der Waals surface area contributed by atoms with Crippen molar-refractivity contribution in [1.29, 1.82) is 0 Å². The molecule has 5 heteroatoms. The molecule has 2 aromatic rings. The van der Waals surface area contributed by atoms with Crippen molar-refractivity contribution in [2.24, 2.45) is 4.99 Å². The van der Waals surface area contributed by atoms with Gasteiger partial charge in [-0.05, 0) is 36.2 Å². The third-order valence-electron chi connectivity index (χ3n) is 3.22. The van der Waals surface area contributed by atoms with Crippen LogP contribution in [-0.2, 0) is 12.8 Å². The summed E-state index contributed by atoms with van der Waals surface area (Å²) in [5.41, 5.74) is 0.955. The highest BCUT2D eigenvalue weighted by atomic mass is 19.1. The van der Waals surface area contributed by atoms with Gasteiger partial charge in [-0.25, -0.2) is 4.39 Å². The fourth-order valence-electron chi connectivity index (χ4n) is 2.09. The fraction of sp³-hybridized carbons (Fsp3) is 0.278. The molecule has 0 saturated heterocycles. The maximum atomic E-state index is 13.1. The predicted molar refractivity (Wildman–Crippen MR) is 91.0 cm³/mol. The first kappa shape index (κ1) is 16.8. The molecule has 0 aliphatic carbocycles. The van der Waals surface area contributed by atoms with E-state index in [-0.39, 0.29) is 5.82 Å². The van der Waals surface area contributed by atoms with E-state index >= 15 is 0 Å². The maximum absolute atomic E-state index is 13.1. The molecule has 1 heterocycles. The van der Waals surface area contributed by atoms with E-state index in [1.54, 1.807) is 24.5 Å². The van der Waals surface area contributed by atoms with Gasteiger partial charge in [0.05, 0.1) is 6.26 Å². The van der Waals surface area contributed by atoms with Gasteiger partial charge < -0.3 is 15.1 Å². The quantitative estimate of drug-likeness (QED) is 0.447. The van der Waals surface area contributed by atoms with Crippen molar-refractivity contribution < 1.29 is 8.81 Å². The standard InChI is InChI=1S/C18H22FN3O/c1-2-10-20-18(22-12-9-17-7-4-13-23-17)21-11-8-15-5-3-6-16(19)14-15/h2-7,13-14H,1,8-12H2,(H2,20,21,22). The van der Waals surface area contributed by atoms with Gasteiger partial charge in [0, 0.05) is 26.1 Å². The second kappa shape index (κ2) is 9.46. The third-order valence-corrected chi connectivity index (χ3v) is 3.22. The van der Waals surface area contributed by atoms with E-state index in [1.165, 1.54) is 6.07 Å². The first-order valence-electron chi connectivity index (χ1n) is 7.68. The van der Waals surface area contributed by atoms with Gasteiger partial charge in [0.25, 0.3) is 0 Å². The number of nitrogens with zero attached hydrogens (tertiary/aromatic N) is 1. The maximum Gasteiger partial charge on any atom is 0.191 e. The SMILES string of the molecule is C=CCNC(=NCCc1ccco1)NCCc1cccc(F)c1. The molecule has 0 amide bonds. The zero-order valence-electron chi connectivity index (χ0n) is 13.1. The topological polar surface area (TPSA) is 49.6 Å². The van der Waals surface area contributed by atoms with Gasteiger partial charge >= 0.3 is 0 Å². The van der Waals surface area contributed by atoms with Crippen molar-refractivity contribution in [3.05, 3.63) is 72.5 Å². The summed E-state index contributed by atoms with van der Waals surface area (Å²) in [5, 5.41) is 6.40. The first-order valence-corrected chi connectivity index (χ1v) is 7.68. The van der Waals surface area contributed by atoms with E-state index in [9.17, 15) is 4.39 Å². The van der Waals surface area contributed by atoms with Crippen LogP contribution in [-0.4, -0.2) is 25.6 Å². The Balaban J connectivity index is 1.80. The average Bonchev–Trinajstić information content (AvgIpc) is 3.05. The number of rotatable bonds is 8. The summed E-state index contributed by atoms with van der Waals surface area (Å²) in [4.78, 5) is 4.50. The molecule has 0 spiro atoms. The van der Waals surface area contributed by atoms with Gasteiger partial charge in [-0.2, -0.15) is 0 Å². The lowest BCUT2D eigenvalue weighted by Gasteiger charge is -2.11. The molecular weight excluding hydrogens is 293 g/mol. The van der Waals surface area contributed by atoms with Gasteiger partial charge in [0.1, 0.15) is 11.6 Å². The van der Waals surface area contributed by atoms with Crippen LogP contribution in [0.15, 0.2) is 64.7 Å². The van der Waals surface area contributed by atoms with Crippen LogP contribution in [0.5, 0.6) is 0 Å². The molecule has 122 valence electrons. The van der Waals surface area contributed by atoms with Crippen LogP contribution in [0.25, 0.3) is 0 Å². The summed E-state index contributed by atoms with van der Waals surface area (Å²) in [6, 6.07) is 10.4. The van der Waals surface area contributed by atoms with Gasteiger partial charge in [0.15, 0.2) is 5.96 Å². The third kappa shape index (κ3) is 6.38. The lowest BCUT2D eigenvalue weighted by atomic mass is 10.1. The minimum Gasteiger partial charge on any atom is -0.469 e. The zero-order chi connectivity index (χ0) is 16.3. The van der Waals surface area contributed by atoms with E-state index in [0.29, 0.717) is 25.6 Å². The summed E-state index contributed by atoms with van der Waals surface area (Å²) in [7, 11) is 0. The Morgan fingerprint density at radius 1 is 1.22 bits per heavy atom.